The number of aryl methyl sites for hydroxylation is 1. The van der Waals surface area contributed by atoms with Gasteiger partial charge in [0.15, 0.2) is 11.5 Å². The van der Waals surface area contributed by atoms with Crippen LogP contribution in [0.2, 0.25) is 0 Å². The number of anilines is 1. The summed E-state index contributed by atoms with van der Waals surface area (Å²) in [5, 5.41) is 13.5. The van der Waals surface area contributed by atoms with Crippen LogP contribution in [-0.2, 0) is 4.79 Å². The molecule has 2 fully saturated rings. The third-order valence-corrected chi connectivity index (χ3v) is 6.79. The van der Waals surface area contributed by atoms with Gasteiger partial charge in [-0.1, -0.05) is 30.7 Å². The van der Waals surface area contributed by atoms with Crippen LogP contribution in [0.25, 0.3) is 17.0 Å². The second-order valence-electron chi connectivity index (χ2n) is 9.12. The molecule has 0 unspecified atom stereocenters. The van der Waals surface area contributed by atoms with Crippen LogP contribution < -0.4 is 4.90 Å². The molecule has 0 bridgehead atoms. The Kier molecular flexibility index (Phi) is 5.34. The van der Waals surface area contributed by atoms with Gasteiger partial charge in [-0.3, -0.25) is 4.79 Å². The molecular formula is C24H30N6O. The lowest BCUT2D eigenvalue weighted by Crippen LogP contribution is -2.45. The Bertz CT molecular complexity index is 1080. The van der Waals surface area contributed by atoms with E-state index in [9.17, 15) is 4.79 Å². The fourth-order valence-corrected chi connectivity index (χ4v) is 4.75. The molecule has 5 rings (SSSR count). The molecule has 2 aliphatic heterocycles. The smallest absolute Gasteiger partial charge is 0.225 e. The standard InChI is InChI=1S/C24H30N6O/c1-17-8-12-29(13-9-17)24(31)19-10-14-28(15-11-19)22-7-6-21-25-26-23(30(21)27-22)20-5-3-4-18(2)16-20/h3-7,16-17,19H,8-15H2,1-2H3. The first-order valence-corrected chi connectivity index (χ1v) is 11.4. The summed E-state index contributed by atoms with van der Waals surface area (Å²) in [6.07, 6.45) is 4.04. The maximum atomic E-state index is 12.9. The average Bonchev–Trinajstić information content (AvgIpc) is 3.22. The number of hydrogen-bond acceptors (Lipinski definition) is 5. The van der Waals surface area contributed by atoms with E-state index in [0.29, 0.717) is 5.91 Å². The van der Waals surface area contributed by atoms with Gasteiger partial charge in [0.2, 0.25) is 5.91 Å². The SMILES string of the molecule is Cc1cccc(-c2nnc3ccc(N4CCC(C(=O)N5CCC(C)CC5)CC4)nn23)c1. The molecule has 0 atom stereocenters. The van der Waals surface area contributed by atoms with Crippen LogP contribution in [0, 0.1) is 18.8 Å². The lowest BCUT2D eigenvalue weighted by atomic mass is 9.92. The van der Waals surface area contributed by atoms with E-state index in [1.807, 2.05) is 28.8 Å². The zero-order valence-electron chi connectivity index (χ0n) is 18.4. The molecule has 2 aromatic heterocycles. The number of rotatable bonds is 3. The van der Waals surface area contributed by atoms with Crippen molar-refractivity contribution < 1.29 is 4.79 Å². The second-order valence-corrected chi connectivity index (χ2v) is 9.12. The minimum atomic E-state index is 0.145. The highest BCUT2D eigenvalue weighted by molar-refractivity contribution is 5.79. The largest absolute Gasteiger partial charge is 0.355 e. The number of fused-ring (bicyclic) bond motifs is 1. The zero-order valence-corrected chi connectivity index (χ0v) is 18.4. The summed E-state index contributed by atoms with van der Waals surface area (Å²) in [6.45, 7) is 7.90. The molecule has 2 saturated heterocycles. The highest BCUT2D eigenvalue weighted by Gasteiger charge is 2.30. The first kappa shape index (κ1) is 20.0. The first-order chi connectivity index (χ1) is 15.1. The van der Waals surface area contributed by atoms with E-state index in [0.717, 1.165) is 80.6 Å². The predicted octanol–water partition coefficient (Wildman–Crippen LogP) is 3.57. The van der Waals surface area contributed by atoms with Gasteiger partial charge >= 0.3 is 0 Å². The van der Waals surface area contributed by atoms with Crippen LogP contribution in [-0.4, -0.2) is 56.8 Å². The van der Waals surface area contributed by atoms with Gasteiger partial charge in [-0.15, -0.1) is 15.3 Å². The lowest BCUT2D eigenvalue weighted by Gasteiger charge is -2.37. The molecule has 0 radical (unpaired) electrons. The van der Waals surface area contributed by atoms with Crippen LogP contribution in [0.4, 0.5) is 5.82 Å². The average molecular weight is 419 g/mol. The summed E-state index contributed by atoms with van der Waals surface area (Å²) in [5.74, 6) is 2.92. The molecule has 0 N–H and O–H groups in total. The number of hydrogen-bond donors (Lipinski definition) is 0. The predicted molar refractivity (Wildman–Crippen MR) is 121 cm³/mol. The van der Waals surface area contributed by atoms with Crippen LogP contribution in [0.3, 0.4) is 0 Å². The van der Waals surface area contributed by atoms with Gasteiger partial charge < -0.3 is 9.80 Å². The van der Waals surface area contributed by atoms with Gasteiger partial charge in [0.1, 0.15) is 5.82 Å². The van der Waals surface area contributed by atoms with Crippen molar-refractivity contribution in [2.75, 3.05) is 31.1 Å². The molecule has 2 aliphatic rings. The van der Waals surface area contributed by atoms with Gasteiger partial charge in [-0.2, -0.15) is 4.52 Å². The number of nitrogens with zero attached hydrogens (tertiary/aromatic N) is 6. The van der Waals surface area contributed by atoms with Gasteiger partial charge in [-0.25, -0.2) is 0 Å². The monoisotopic (exact) mass is 418 g/mol. The Labute approximate surface area is 183 Å². The van der Waals surface area contributed by atoms with Crippen molar-refractivity contribution in [3.8, 4) is 11.4 Å². The van der Waals surface area contributed by atoms with Crippen molar-refractivity contribution in [1.29, 1.82) is 0 Å². The van der Waals surface area contributed by atoms with Crippen molar-refractivity contribution in [2.24, 2.45) is 11.8 Å². The topological polar surface area (TPSA) is 66.6 Å². The summed E-state index contributed by atoms with van der Waals surface area (Å²) in [6, 6.07) is 12.2. The normalized spacial score (nSPS) is 18.6. The van der Waals surface area contributed by atoms with Crippen molar-refractivity contribution >= 4 is 17.4 Å². The highest BCUT2D eigenvalue weighted by Crippen LogP contribution is 2.27. The second kappa shape index (κ2) is 8.29. The van der Waals surface area contributed by atoms with E-state index in [1.165, 1.54) is 5.56 Å². The summed E-state index contributed by atoms with van der Waals surface area (Å²) in [4.78, 5) is 17.3. The Morgan fingerprint density at radius 2 is 1.74 bits per heavy atom. The van der Waals surface area contributed by atoms with Crippen molar-refractivity contribution in [3.63, 3.8) is 0 Å². The molecule has 31 heavy (non-hydrogen) atoms. The van der Waals surface area contributed by atoms with E-state index in [4.69, 9.17) is 5.10 Å². The van der Waals surface area contributed by atoms with Gasteiger partial charge in [0.25, 0.3) is 0 Å². The number of carbonyl (C=O) groups excluding carboxylic acids is 1. The van der Waals surface area contributed by atoms with E-state index in [1.54, 1.807) is 0 Å². The number of aromatic nitrogens is 4. The zero-order chi connectivity index (χ0) is 21.4. The molecule has 162 valence electrons. The summed E-state index contributed by atoms with van der Waals surface area (Å²) >= 11 is 0. The summed E-state index contributed by atoms with van der Waals surface area (Å²) in [5.41, 5.74) is 2.93. The van der Waals surface area contributed by atoms with Crippen LogP contribution in [0.5, 0.6) is 0 Å². The Balaban J connectivity index is 1.30. The van der Waals surface area contributed by atoms with Crippen molar-refractivity contribution in [1.82, 2.24) is 24.7 Å². The van der Waals surface area contributed by atoms with E-state index < -0.39 is 0 Å². The molecule has 0 saturated carbocycles. The molecule has 0 aliphatic carbocycles. The third kappa shape index (κ3) is 4.01. The number of benzene rings is 1. The Hall–Kier alpha value is -2.96. The Morgan fingerprint density at radius 1 is 0.968 bits per heavy atom. The molecule has 0 spiro atoms. The van der Waals surface area contributed by atoms with Crippen LogP contribution in [0.1, 0.15) is 38.2 Å². The highest BCUT2D eigenvalue weighted by atomic mass is 16.2. The summed E-state index contributed by atoms with van der Waals surface area (Å²) < 4.78 is 1.83. The molecular weight excluding hydrogens is 388 g/mol. The first-order valence-electron chi connectivity index (χ1n) is 11.4. The molecule has 4 heterocycles. The minimum Gasteiger partial charge on any atom is -0.355 e. The maximum absolute atomic E-state index is 12.9. The van der Waals surface area contributed by atoms with E-state index >= 15 is 0 Å². The lowest BCUT2D eigenvalue weighted by molar-refractivity contribution is -0.137. The van der Waals surface area contributed by atoms with Crippen molar-refractivity contribution in [2.45, 2.75) is 39.5 Å². The molecule has 7 heteroatoms. The Morgan fingerprint density at radius 3 is 2.48 bits per heavy atom. The van der Waals surface area contributed by atoms with Crippen LogP contribution >= 0.6 is 0 Å². The quantitative estimate of drug-likeness (QED) is 0.650. The van der Waals surface area contributed by atoms with Gasteiger partial charge in [0.05, 0.1) is 0 Å². The molecule has 1 aromatic carbocycles. The number of likely N-dealkylation sites (tertiary alicyclic amines) is 1. The number of amides is 1. The van der Waals surface area contributed by atoms with Crippen molar-refractivity contribution in [3.05, 3.63) is 42.0 Å². The number of piperidine rings is 2. The molecule has 1 amide bonds. The van der Waals surface area contributed by atoms with Crippen LogP contribution in [0.15, 0.2) is 36.4 Å². The molecule has 7 nitrogen and oxygen atoms in total. The molecule has 3 aromatic rings. The fourth-order valence-electron chi connectivity index (χ4n) is 4.75. The maximum Gasteiger partial charge on any atom is 0.225 e. The summed E-state index contributed by atoms with van der Waals surface area (Å²) in [7, 11) is 0. The number of carbonyl (C=O) groups is 1. The van der Waals surface area contributed by atoms with E-state index in [-0.39, 0.29) is 5.92 Å². The van der Waals surface area contributed by atoms with Gasteiger partial charge in [-0.05, 0) is 56.7 Å². The minimum absolute atomic E-state index is 0.145. The van der Waals surface area contributed by atoms with Gasteiger partial charge in [0, 0.05) is 37.7 Å². The third-order valence-electron chi connectivity index (χ3n) is 6.79. The van der Waals surface area contributed by atoms with E-state index in [2.05, 4.69) is 46.0 Å². The fraction of sp³-hybridized carbons (Fsp3) is 0.500.